The molecule has 2 nitrogen and oxygen atoms in total. The number of hydrogen-bond acceptors (Lipinski definition) is 1. The average Bonchev–Trinajstić information content (AvgIpc) is 2.91. The lowest BCUT2D eigenvalue weighted by Gasteiger charge is -2.10. The number of rotatable bonds is 2. The van der Waals surface area contributed by atoms with Gasteiger partial charge in [0.05, 0.1) is 6.33 Å². The maximum Gasteiger partial charge on any atom is 0.0921 e. The molecule has 2 heteroatoms. The van der Waals surface area contributed by atoms with Crippen LogP contribution in [0.1, 0.15) is 24.1 Å². The first-order valence-electron chi connectivity index (χ1n) is 5.81. The van der Waals surface area contributed by atoms with E-state index in [-0.39, 0.29) is 0 Å². The molecular weight excluding hydrogens is 208 g/mol. The lowest BCUT2D eigenvalue weighted by Crippen LogP contribution is -1.95. The monoisotopic (exact) mass is 222 g/mol. The first kappa shape index (κ1) is 10.1. The topological polar surface area (TPSA) is 28.7 Å². The zero-order valence-corrected chi connectivity index (χ0v) is 9.72. The lowest BCUT2D eigenvalue weighted by molar-refractivity contribution is 0.885. The fourth-order valence-corrected chi connectivity index (χ4v) is 2.16. The minimum Gasteiger partial charge on any atom is -0.348 e. The van der Waals surface area contributed by atoms with Crippen molar-refractivity contribution in [3.8, 4) is 0 Å². The van der Waals surface area contributed by atoms with Crippen molar-refractivity contribution in [3.05, 3.63) is 66.2 Å². The van der Waals surface area contributed by atoms with Gasteiger partial charge in [-0.15, -0.1) is 0 Å². The Balaban J connectivity index is 2.06. The van der Waals surface area contributed by atoms with Gasteiger partial charge in [0, 0.05) is 17.8 Å². The van der Waals surface area contributed by atoms with Crippen molar-refractivity contribution in [2.45, 2.75) is 12.8 Å². The second kappa shape index (κ2) is 4.06. The van der Waals surface area contributed by atoms with Gasteiger partial charge in [-0.05, 0) is 16.3 Å². The van der Waals surface area contributed by atoms with E-state index < -0.39 is 0 Å². The van der Waals surface area contributed by atoms with Gasteiger partial charge in [0.25, 0.3) is 0 Å². The van der Waals surface area contributed by atoms with E-state index in [4.69, 9.17) is 0 Å². The highest BCUT2D eigenvalue weighted by Gasteiger charge is 2.09. The summed E-state index contributed by atoms with van der Waals surface area (Å²) in [5.41, 5.74) is 2.47. The van der Waals surface area contributed by atoms with Crippen LogP contribution < -0.4 is 0 Å². The summed E-state index contributed by atoms with van der Waals surface area (Å²) < 4.78 is 0. The number of benzene rings is 2. The molecule has 0 aliphatic carbocycles. The van der Waals surface area contributed by atoms with E-state index in [9.17, 15) is 0 Å². The Morgan fingerprint density at radius 3 is 2.65 bits per heavy atom. The Morgan fingerprint density at radius 1 is 1.06 bits per heavy atom. The molecule has 1 atom stereocenters. The van der Waals surface area contributed by atoms with Crippen LogP contribution in [-0.2, 0) is 0 Å². The van der Waals surface area contributed by atoms with Gasteiger partial charge in [0.2, 0.25) is 0 Å². The van der Waals surface area contributed by atoms with Gasteiger partial charge in [-0.2, -0.15) is 0 Å². The molecule has 0 unspecified atom stereocenters. The van der Waals surface area contributed by atoms with Crippen LogP contribution in [0.4, 0.5) is 0 Å². The third kappa shape index (κ3) is 1.82. The van der Waals surface area contributed by atoms with Crippen LogP contribution in [0.15, 0.2) is 55.0 Å². The maximum atomic E-state index is 4.08. The predicted octanol–water partition coefficient (Wildman–Crippen LogP) is 3.71. The van der Waals surface area contributed by atoms with Gasteiger partial charge in [0.15, 0.2) is 0 Å². The number of aromatic nitrogens is 2. The van der Waals surface area contributed by atoms with E-state index in [1.165, 1.54) is 16.3 Å². The first-order valence-corrected chi connectivity index (χ1v) is 5.81. The second-order valence-corrected chi connectivity index (χ2v) is 4.34. The molecule has 0 saturated carbocycles. The summed E-state index contributed by atoms with van der Waals surface area (Å²) in [7, 11) is 0. The molecule has 3 rings (SSSR count). The number of imidazole rings is 1. The summed E-state index contributed by atoms with van der Waals surface area (Å²) in [6.45, 7) is 2.19. The summed E-state index contributed by atoms with van der Waals surface area (Å²) in [6.07, 6.45) is 3.62. The quantitative estimate of drug-likeness (QED) is 0.703. The van der Waals surface area contributed by atoms with E-state index in [1.807, 2.05) is 6.20 Å². The summed E-state index contributed by atoms with van der Waals surface area (Å²) in [4.78, 5) is 7.25. The van der Waals surface area contributed by atoms with Gasteiger partial charge in [-0.1, -0.05) is 49.4 Å². The van der Waals surface area contributed by atoms with Gasteiger partial charge in [-0.25, -0.2) is 4.98 Å². The van der Waals surface area contributed by atoms with E-state index in [1.54, 1.807) is 6.33 Å². The van der Waals surface area contributed by atoms with Gasteiger partial charge in [0.1, 0.15) is 0 Å². The van der Waals surface area contributed by atoms with Gasteiger partial charge >= 0.3 is 0 Å². The van der Waals surface area contributed by atoms with Crippen LogP contribution >= 0.6 is 0 Å². The molecule has 1 N–H and O–H groups in total. The SMILES string of the molecule is C[C@H](c1ccc2ccccc2c1)c1cnc[nH]1. The minimum atomic E-state index is 0.349. The summed E-state index contributed by atoms with van der Waals surface area (Å²) >= 11 is 0. The van der Waals surface area contributed by atoms with E-state index >= 15 is 0 Å². The van der Waals surface area contributed by atoms with E-state index in [2.05, 4.69) is 59.4 Å². The molecular formula is C15H14N2. The Morgan fingerprint density at radius 2 is 1.88 bits per heavy atom. The summed E-state index contributed by atoms with van der Waals surface area (Å²) in [6, 6.07) is 15.1. The third-order valence-corrected chi connectivity index (χ3v) is 3.26. The maximum absolute atomic E-state index is 4.08. The van der Waals surface area contributed by atoms with E-state index in [0.29, 0.717) is 5.92 Å². The van der Waals surface area contributed by atoms with Crippen molar-refractivity contribution in [2.24, 2.45) is 0 Å². The Labute approximate surface area is 100 Å². The molecule has 0 aliphatic heterocycles. The highest BCUT2D eigenvalue weighted by atomic mass is 14.9. The third-order valence-electron chi connectivity index (χ3n) is 3.26. The molecule has 3 aromatic rings. The molecule has 0 amide bonds. The number of nitrogens with one attached hydrogen (secondary N) is 1. The number of hydrogen-bond donors (Lipinski definition) is 1. The average molecular weight is 222 g/mol. The fraction of sp³-hybridized carbons (Fsp3) is 0.133. The van der Waals surface area contributed by atoms with E-state index in [0.717, 1.165) is 5.69 Å². The van der Waals surface area contributed by atoms with Crippen molar-refractivity contribution in [1.82, 2.24) is 9.97 Å². The van der Waals surface area contributed by atoms with Crippen LogP contribution in [0.25, 0.3) is 10.8 Å². The van der Waals surface area contributed by atoms with Crippen molar-refractivity contribution in [1.29, 1.82) is 0 Å². The van der Waals surface area contributed by atoms with Crippen LogP contribution in [0, 0.1) is 0 Å². The van der Waals surface area contributed by atoms with Crippen LogP contribution in [0.2, 0.25) is 0 Å². The summed E-state index contributed by atoms with van der Waals surface area (Å²) in [5, 5.41) is 2.57. The largest absolute Gasteiger partial charge is 0.348 e. The molecule has 84 valence electrons. The van der Waals surface area contributed by atoms with Crippen molar-refractivity contribution < 1.29 is 0 Å². The molecule has 0 bridgehead atoms. The number of fused-ring (bicyclic) bond motifs is 1. The molecule has 0 spiro atoms. The van der Waals surface area contributed by atoms with Crippen LogP contribution in [0.5, 0.6) is 0 Å². The number of nitrogens with zero attached hydrogens (tertiary/aromatic N) is 1. The minimum absolute atomic E-state index is 0.349. The Hall–Kier alpha value is -2.09. The molecule has 0 radical (unpaired) electrons. The Kier molecular flexibility index (Phi) is 2.41. The predicted molar refractivity (Wildman–Crippen MR) is 70.1 cm³/mol. The van der Waals surface area contributed by atoms with Gasteiger partial charge in [-0.3, -0.25) is 0 Å². The van der Waals surface area contributed by atoms with Gasteiger partial charge < -0.3 is 4.98 Å². The smallest absolute Gasteiger partial charge is 0.0921 e. The molecule has 0 fully saturated rings. The zero-order valence-electron chi connectivity index (χ0n) is 9.72. The van der Waals surface area contributed by atoms with Crippen molar-refractivity contribution in [2.75, 3.05) is 0 Å². The lowest BCUT2D eigenvalue weighted by atomic mass is 9.96. The number of H-pyrrole nitrogens is 1. The van der Waals surface area contributed by atoms with Crippen molar-refractivity contribution in [3.63, 3.8) is 0 Å². The zero-order chi connectivity index (χ0) is 11.7. The Bertz CT molecular complexity index is 626. The molecule has 1 heterocycles. The van der Waals surface area contributed by atoms with Crippen molar-refractivity contribution >= 4 is 10.8 Å². The standard InChI is InChI=1S/C15H14N2/c1-11(15-9-16-10-17-15)13-7-6-12-4-2-3-5-14(12)8-13/h2-11H,1H3,(H,16,17)/t11-/m1/s1. The molecule has 0 saturated heterocycles. The highest BCUT2D eigenvalue weighted by Crippen LogP contribution is 2.25. The molecule has 1 aromatic heterocycles. The number of aromatic amines is 1. The second-order valence-electron chi connectivity index (χ2n) is 4.34. The molecule has 0 aliphatic rings. The van der Waals surface area contributed by atoms with Crippen LogP contribution in [-0.4, -0.2) is 9.97 Å². The van der Waals surface area contributed by atoms with Crippen LogP contribution in [0.3, 0.4) is 0 Å². The molecule has 2 aromatic carbocycles. The molecule has 17 heavy (non-hydrogen) atoms. The highest BCUT2D eigenvalue weighted by molar-refractivity contribution is 5.83. The first-order chi connectivity index (χ1) is 8.34. The summed E-state index contributed by atoms with van der Waals surface area (Å²) in [5.74, 6) is 0.349. The normalized spacial score (nSPS) is 12.8. The fourth-order valence-electron chi connectivity index (χ4n) is 2.16.